The molecule has 0 radical (unpaired) electrons. The number of nitrogens with two attached hydrogens (primary N) is 1. The quantitative estimate of drug-likeness (QED) is 0.643. The van der Waals surface area contributed by atoms with Crippen molar-refractivity contribution >= 4 is 5.91 Å². The third-order valence-electron chi connectivity index (χ3n) is 4.00. The van der Waals surface area contributed by atoms with Crippen LogP contribution in [0.1, 0.15) is 40.0 Å². The topological polar surface area (TPSA) is 41.4 Å². The predicted molar refractivity (Wildman–Crippen MR) is 73.6 cm³/mol. The van der Waals surface area contributed by atoms with Crippen molar-refractivity contribution in [3.8, 4) is 0 Å². The van der Waals surface area contributed by atoms with Crippen LogP contribution in [0.5, 0.6) is 0 Å². The highest BCUT2D eigenvalue weighted by molar-refractivity contribution is 5.80. The lowest BCUT2D eigenvalue weighted by Gasteiger charge is -2.39. The second-order valence-electron chi connectivity index (χ2n) is 6.14. The molecule has 0 saturated carbocycles. The van der Waals surface area contributed by atoms with Gasteiger partial charge in [-0.1, -0.05) is 0 Å². The molecule has 4 heteroatoms. The first-order valence-corrected chi connectivity index (χ1v) is 7.38. The van der Waals surface area contributed by atoms with Crippen LogP contribution < -0.4 is 10.2 Å². The highest BCUT2D eigenvalue weighted by Gasteiger charge is 2.32. The summed E-state index contributed by atoms with van der Waals surface area (Å²) in [5.74, 6) is 0.323. The van der Waals surface area contributed by atoms with Gasteiger partial charge in [0.05, 0.1) is 14.1 Å². The molecule has 1 aliphatic heterocycles. The summed E-state index contributed by atoms with van der Waals surface area (Å²) in [7, 11) is 4.30. The molecular formula is C14H31N3O+2. The van der Waals surface area contributed by atoms with Gasteiger partial charge in [0.25, 0.3) is 5.91 Å². The van der Waals surface area contributed by atoms with Crippen LogP contribution in [0.2, 0.25) is 0 Å². The highest BCUT2D eigenvalue weighted by atomic mass is 16.2. The number of hydrogen-bond donors (Lipinski definition) is 2. The average Bonchev–Trinajstić information content (AvgIpc) is 2.27. The number of carbonyl (C=O) groups is 1. The minimum atomic E-state index is 0.0624. The Bertz CT molecular complexity index is 258. The average molecular weight is 257 g/mol. The Morgan fingerprint density at radius 1 is 1.33 bits per heavy atom. The van der Waals surface area contributed by atoms with Gasteiger partial charge in [-0.05, 0) is 40.0 Å². The van der Waals surface area contributed by atoms with Gasteiger partial charge in [0.15, 0.2) is 6.04 Å². The van der Waals surface area contributed by atoms with Gasteiger partial charge in [-0.15, -0.1) is 0 Å². The van der Waals surface area contributed by atoms with Gasteiger partial charge in [0.2, 0.25) is 0 Å². The SMILES string of the molecule is C[C@@H]1CCC[C@@H](C)N1C(=O)[C@@H](C)[NH2+]CC[NH+](C)C. The summed E-state index contributed by atoms with van der Waals surface area (Å²) in [6.45, 7) is 8.53. The highest BCUT2D eigenvalue weighted by Crippen LogP contribution is 2.22. The van der Waals surface area contributed by atoms with E-state index >= 15 is 0 Å². The Balaban J connectivity index is 2.46. The molecule has 1 fully saturated rings. The summed E-state index contributed by atoms with van der Waals surface area (Å²) >= 11 is 0. The molecule has 0 aromatic rings. The maximum atomic E-state index is 12.5. The molecule has 0 aromatic carbocycles. The van der Waals surface area contributed by atoms with Gasteiger partial charge in [-0.25, -0.2) is 0 Å². The van der Waals surface area contributed by atoms with E-state index in [1.807, 2.05) is 6.92 Å². The smallest absolute Gasteiger partial charge is 0.280 e. The van der Waals surface area contributed by atoms with Crippen molar-refractivity contribution in [3.63, 3.8) is 0 Å². The maximum Gasteiger partial charge on any atom is 0.280 e. The summed E-state index contributed by atoms with van der Waals surface area (Å²) in [5, 5.41) is 2.18. The number of nitrogens with zero attached hydrogens (tertiary/aromatic N) is 1. The van der Waals surface area contributed by atoms with Crippen LogP contribution in [-0.4, -0.2) is 56.1 Å². The number of piperidine rings is 1. The van der Waals surface area contributed by atoms with Crippen LogP contribution >= 0.6 is 0 Å². The van der Waals surface area contributed by atoms with Gasteiger partial charge in [-0.3, -0.25) is 4.79 Å². The van der Waals surface area contributed by atoms with Gasteiger partial charge >= 0.3 is 0 Å². The molecule has 0 bridgehead atoms. The molecular weight excluding hydrogens is 226 g/mol. The Kier molecular flexibility index (Phi) is 6.09. The van der Waals surface area contributed by atoms with E-state index in [4.69, 9.17) is 0 Å². The Morgan fingerprint density at radius 3 is 2.39 bits per heavy atom. The van der Waals surface area contributed by atoms with Crippen molar-refractivity contribution in [1.29, 1.82) is 0 Å². The summed E-state index contributed by atoms with van der Waals surface area (Å²) < 4.78 is 0. The van der Waals surface area contributed by atoms with Gasteiger partial charge in [0.1, 0.15) is 13.1 Å². The zero-order valence-electron chi connectivity index (χ0n) is 12.7. The molecule has 0 aromatic heterocycles. The number of amides is 1. The monoisotopic (exact) mass is 257 g/mol. The van der Waals surface area contributed by atoms with Crippen LogP contribution in [-0.2, 0) is 4.79 Å². The molecule has 4 nitrogen and oxygen atoms in total. The van der Waals surface area contributed by atoms with E-state index < -0.39 is 0 Å². The van der Waals surface area contributed by atoms with E-state index in [9.17, 15) is 4.79 Å². The Hall–Kier alpha value is -0.610. The van der Waals surface area contributed by atoms with E-state index in [-0.39, 0.29) is 6.04 Å². The first-order valence-electron chi connectivity index (χ1n) is 7.38. The van der Waals surface area contributed by atoms with E-state index in [0.717, 1.165) is 25.9 Å². The summed E-state index contributed by atoms with van der Waals surface area (Å²) in [6, 6.07) is 0.889. The van der Waals surface area contributed by atoms with Crippen LogP contribution in [0.3, 0.4) is 0 Å². The number of carbonyl (C=O) groups excluding carboxylic acids is 1. The van der Waals surface area contributed by atoms with Crippen LogP contribution in [0.4, 0.5) is 0 Å². The third-order valence-corrected chi connectivity index (χ3v) is 4.00. The Labute approximate surface area is 112 Å². The largest absolute Gasteiger partial charge is 0.335 e. The van der Waals surface area contributed by atoms with E-state index in [2.05, 4.69) is 38.2 Å². The van der Waals surface area contributed by atoms with Crippen LogP contribution in [0.15, 0.2) is 0 Å². The van der Waals surface area contributed by atoms with Crippen molar-refractivity contribution < 1.29 is 15.0 Å². The fourth-order valence-electron chi connectivity index (χ4n) is 2.81. The van der Waals surface area contributed by atoms with Crippen molar-refractivity contribution in [2.45, 2.75) is 58.2 Å². The number of nitrogens with one attached hydrogen (secondary N) is 1. The predicted octanol–water partition coefficient (Wildman–Crippen LogP) is -1.13. The lowest BCUT2D eigenvalue weighted by atomic mass is 9.96. The molecule has 106 valence electrons. The second-order valence-corrected chi connectivity index (χ2v) is 6.14. The maximum absolute atomic E-state index is 12.5. The molecule has 3 atom stereocenters. The zero-order chi connectivity index (χ0) is 13.7. The molecule has 3 N–H and O–H groups in total. The summed E-state index contributed by atoms with van der Waals surface area (Å²) in [6.07, 6.45) is 3.57. The molecule has 1 saturated heterocycles. The normalized spacial score (nSPS) is 26.4. The molecule has 0 unspecified atom stereocenters. The van der Waals surface area contributed by atoms with Crippen molar-refractivity contribution in [2.75, 3.05) is 27.2 Å². The van der Waals surface area contributed by atoms with E-state index in [0.29, 0.717) is 18.0 Å². The zero-order valence-corrected chi connectivity index (χ0v) is 12.7. The van der Waals surface area contributed by atoms with E-state index in [1.165, 1.54) is 11.3 Å². The third kappa shape index (κ3) is 4.25. The molecule has 0 spiro atoms. The van der Waals surface area contributed by atoms with E-state index in [1.54, 1.807) is 0 Å². The van der Waals surface area contributed by atoms with Crippen LogP contribution in [0, 0.1) is 0 Å². The minimum Gasteiger partial charge on any atom is -0.335 e. The summed E-state index contributed by atoms with van der Waals surface area (Å²) in [4.78, 5) is 16.0. The minimum absolute atomic E-state index is 0.0624. The number of likely N-dealkylation sites (tertiary alicyclic amines) is 1. The number of rotatable bonds is 5. The number of quaternary nitrogens is 2. The number of likely N-dealkylation sites (N-methyl/N-ethyl adjacent to an activating group) is 1. The van der Waals surface area contributed by atoms with Gasteiger partial charge in [0, 0.05) is 12.1 Å². The first kappa shape index (κ1) is 15.4. The molecule has 1 aliphatic rings. The van der Waals surface area contributed by atoms with Crippen molar-refractivity contribution in [1.82, 2.24) is 4.90 Å². The second kappa shape index (κ2) is 7.10. The molecule has 0 aliphatic carbocycles. The van der Waals surface area contributed by atoms with Crippen molar-refractivity contribution in [3.05, 3.63) is 0 Å². The lowest BCUT2D eigenvalue weighted by molar-refractivity contribution is -0.875. The summed E-state index contributed by atoms with van der Waals surface area (Å²) in [5.41, 5.74) is 0. The van der Waals surface area contributed by atoms with Crippen molar-refractivity contribution in [2.24, 2.45) is 0 Å². The van der Waals surface area contributed by atoms with Gasteiger partial charge in [-0.2, -0.15) is 0 Å². The Morgan fingerprint density at radius 2 is 1.89 bits per heavy atom. The number of hydrogen-bond acceptors (Lipinski definition) is 1. The van der Waals surface area contributed by atoms with Crippen LogP contribution in [0.25, 0.3) is 0 Å². The first-order chi connectivity index (χ1) is 8.43. The fraction of sp³-hybridized carbons (Fsp3) is 0.929. The molecule has 18 heavy (non-hydrogen) atoms. The molecule has 1 rings (SSSR count). The standard InChI is InChI=1S/C14H29N3O/c1-11-7-6-8-12(2)17(11)14(18)13(3)15-9-10-16(4)5/h11-13,15H,6-10H2,1-5H3/p+2/t11-,12-,13-/m1/s1. The molecule has 1 amide bonds. The molecule has 1 heterocycles. The lowest BCUT2D eigenvalue weighted by Crippen LogP contribution is -3.10. The fourth-order valence-corrected chi connectivity index (χ4v) is 2.81. The van der Waals surface area contributed by atoms with Gasteiger partial charge < -0.3 is 15.1 Å².